The molecule has 0 radical (unpaired) electrons. The molecule has 0 saturated carbocycles. The quantitative estimate of drug-likeness (QED) is 0.156. The van der Waals surface area contributed by atoms with Gasteiger partial charge < -0.3 is 4.90 Å². The molecule has 0 aliphatic carbocycles. The molecule has 0 aromatic rings. The van der Waals surface area contributed by atoms with Crippen molar-refractivity contribution in [2.45, 2.75) is 150 Å². The van der Waals surface area contributed by atoms with E-state index in [0.717, 1.165) is 5.92 Å². The first kappa shape index (κ1) is 28.0. The van der Waals surface area contributed by atoms with Gasteiger partial charge in [0.25, 0.3) is 0 Å². The van der Waals surface area contributed by atoms with Crippen LogP contribution < -0.4 is 0 Å². The Morgan fingerprint density at radius 1 is 0.429 bits per heavy atom. The molecule has 0 bridgehead atoms. The van der Waals surface area contributed by atoms with Gasteiger partial charge in [-0.05, 0) is 44.8 Å². The molecule has 0 heterocycles. The van der Waals surface area contributed by atoms with Gasteiger partial charge in [-0.2, -0.15) is 0 Å². The van der Waals surface area contributed by atoms with Gasteiger partial charge in [-0.15, -0.1) is 0 Å². The highest BCUT2D eigenvalue weighted by atomic mass is 15.1. The number of rotatable bonds is 23. The molecular formula is C27H57N. The summed E-state index contributed by atoms with van der Waals surface area (Å²) >= 11 is 0. The van der Waals surface area contributed by atoms with Gasteiger partial charge in [0.15, 0.2) is 0 Å². The third-order valence-corrected chi connectivity index (χ3v) is 6.16. The fourth-order valence-electron chi connectivity index (χ4n) is 4.16. The van der Waals surface area contributed by atoms with Crippen molar-refractivity contribution < 1.29 is 0 Å². The summed E-state index contributed by atoms with van der Waals surface area (Å²) in [6.07, 6.45) is 27.3. The minimum absolute atomic E-state index is 0.869. The average Bonchev–Trinajstić information content (AvgIpc) is 2.68. The molecule has 0 amide bonds. The van der Waals surface area contributed by atoms with Crippen LogP contribution in [0.2, 0.25) is 0 Å². The van der Waals surface area contributed by atoms with E-state index in [-0.39, 0.29) is 0 Å². The lowest BCUT2D eigenvalue weighted by atomic mass is 10.1. The van der Waals surface area contributed by atoms with Crippen molar-refractivity contribution in [3.63, 3.8) is 0 Å². The Labute approximate surface area is 180 Å². The van der Waals surface area contributed by atoms with E-state index in [9.17, 15) is 0 Å². The van der Waals surface area contributed by atoms with Crippen LogP contribution in [0.5, 0.6) is 0 Å². The Hall–Kier alpha value is -0.0400. The Morgan fingerprint density at radius 3 is 1.11 bits per heavy atom. The van der Waals surface area contributed by atoms with Gasteiger partial charge >= 0.3 is 0 Å². The third-order valence-electron chi connectivity index (χ3n) is 6.16. The van der Waals surface area contributed by atoms with Crippen molar-refractivity contribution in [2.75, 3.05) is 19.6 Å². The van der Waals surface area contributed by atoms with Crippen LogP contribution in [0.25, 0.3) is 0 Å². The second kappa shape index (κ2) is 23.2. The molecule has 0 rings (SSSR count). The molecular weight excluding hydrogens is 338 g/mol. The highest BCUT2D eigenvalue weighted by molar-refractivity contribution is 4.61. The largest absolute Gasteiger partial charge is 0.303 e. The van der Waals surface area contributed by atoms with Crippen LogP contribution >= 0.6 is 0 Å². The maximum absolute atomic E-state index is 2.80. The zero-order chi connectivity index (χ0) is 20.7. The van der Waals surface area contributed by atoms with E-state index in [1.807, 2.05) is 0 Å². The molecule has 0 unspecified atom stereocenters. The van der Waals surface area contributed by atoms with Crippen molar-refractivity contribution in [2.24, 2.45) is 5.92 Å². The summed E-state index contributed by atoms with van der Waals surface area (Å²) in [6.45, 7) is 13.4. The molecule has 0 aromatic carbocycles. The van der Waals surface area contributed by atoms with Crippen molar-refractivity contribution in [1.29, 1.82) is 0 Å². The molecule has 0 spiro atoms. The average molecular weight is 396 g/mol. The lowest BCUT2D eigenvalue weighted by molar-refractivity contribution is 0.252. The molecule has 0 aliphatic rings. The predicted octanol–water partition coefficient (Wildman–Crippen LogP) is 9.40. The van der Waals surface area contributed by atoms with E-state index < -0.39 is 0 Å². The maximum Gasteiger partial charge on any atom is -0.00187 e. The molecule has 0 N–H and O–H groups in total. The van der Waals surface area contributed by atoms with Gasteiger partial charge in [0, 0.05) is 0 Å². The number of hydrogen-bond donors (Lipinski definition) is 0. The first-order valence-electron chi connectivity index (χ1n) is 13.4. The van der Waals surface area contributed by atoms with Gasteiger partial charge in [-0.1, -0.05) is 130 Å². The molecule has 170 valence electrons. The van der Waals surface area contributed by atoms with Crippen LogP contribution in [-0.2, 0) is 0 Å². The van der Waals surface area contributed by atoms with E-state index in [1.165, 1.54) is 142 Å². The van der Waals surface area contributed by atoms with Gasteiger partial charge in [-0.25, -0.2) is 0 Å². The summed E-state index contributed by atoms with van der Waals surface area (Å²) in [4.78, 5) is 2.80. The molecule has 0 aliphatic heterocycles. The number of unbranched alkanes of at least 4 members (excludes halogenated alkanes) is 15. The summed E-state index contributed by atoms with van der Waals surface area (Å²) in [5.74, 6) is 0.869. The molecule has 1 nitrogen and oxygen atoms in total. The van der Waals surface area contributed by atoms with Crippen LogP contribution in [0.3, 0.4) is 0 Å². The third kappa shape index (κ3) is 22.3. The monoisotopic (exact) mass is 395 g/mol. The fourth-order valence-corrected chi connectivity index (χ4v) is 4.16. The summed E-state index contributed by atoms with van der Waals surface area (Å²) in [5.41, 5.74) is 0. The summed E-state index contributed by atoms with van der Waals surface area (Å²) < 4.78 is 0. The van der Waals surface area contributed by atoms with Crippen LogP contribution in [0.4, 0.5) is 0 Å². The smallest absolute Gasteiger partial charge is 0.00187 e. The van der Waals surface area contributed by atoms with E-state index in [2.05, 4.69) is 32.6 Å². The fraction of sp³-hybridized carbons (Fsp3) is 1.00. The van der Waals surface area contributed by atoms with Crippen molar-refractivity contribution in [3.05, 3.63) is 0 Å². The second-order valence-corrected chi connectivity index (χ2v) is 9.68. The van der Waals surface area contributed by atoms with Gasteiger partial charge in [0.2, 0.25) is 0 Å². The van der Waals surface area contributed by atoms with Crippen LogP contribution in [-0.4, -0.2) is 24.5 Å². The SMILES string of the molecule is CCCCCCCCCCN(CCCCCCCCCC)CCCCC(C)C. The van der Waals surface area contributed by atoms with Gasteiger partial charge in [0.1, 0.15) is 0 Å². The lowest BCUT2D eigenvalue weighted by Gasteiger charge is -2.22. The predicted molar refractivity (Wildman–Crippen MR) is 130 cm³/mol. The highest BCUT2D eigenvalue weighted by Crippen LogP contribution is 2.13. The molecule has 0 fully saturated rings. The summed E-state index contributed by atoms with van der Waals surface area (Å²) in [5, 5.41) is 0. The van der Waals surface area contributed by atoms with E-state index in [0.29, 0.717) is 0 Å². The molecule has 0 aromatic heterocycles. The van der Waals surface area contributed by atoms with Gasteiger partial charge in [-0.3, -0.25) is 0 Å². The first-order valence-corrected chi connectivity index (χ1v) is 13.4. The normalized spacial score (nSPS) is 11.8. The van der Waals surface area contributed by atoms with E-state index in [1.54, 1.807) is 0 Å². The zero-order valence-electron chi connectivity index (χ0n) is 20.6. The zero-order valence-corrected chi connectivity index (χ0v) is 20.6. The van der Waals surface area contributed by atoms with Crippen molar-refractivity contribution in [3.8, 4) is 0 Å². The minimum Gasteiger partial charge on any atom is -0.303 e. The van der Waals surface area contributed by atoms with Crippen LogP contribution in [0.1, 0.15) is 150 Å². The van der Waals surface area contributed by atoms with Crippen molar-refractivity contribution >= 4 is 0 Å². The second-order valence-electron chi connectivity index (χ2n) is 9.68. The van der Waals surface area contributed by atoms with Crippen LogP contribution in [0, 0.1) is 5.92 Å². The Balaban J connectivity index is 3.78. The Morgan fingerprint density at radius 2 is 0.750 bits per heavy atom. The molecule has 1 heteroatoms. The van der Waals surface area contributed by atoms with Crippen LogP contribution in [0.15, 0.2) is 0 Å². The minimum atomic E-state index is 0.869. The summed E-state index contributed by atoms with van der Waals surface area (Å²) in [7, 11) is 0. The van der Waals surface area contributed by atoms with E-state index in [4.69, 9.17) is 0 Å². The number of hydrogen-bond acceptors (Lipinski definition) is 1. The van der Waals surface area contributed by atoms with Gasteiger partial charge in [0.05, 0.1) is 0 Å². The molecule has 0 saturated heterocycles. The first-order chi connectivity index (χ1) is 13.7. The maximum atomic E-state index is 2.80. The Bertz CT molecular complexity index is 253. The van der Waals surface area contributed by atoms with Crippen molar-refractivity contribution in [1.82, 2.24) is 4.90 Å². The highest BCUT2D eigenvalue weighted by Gasteiger charge is 2.05. The summed E-state index contributed by atoms with van der Waals surface area (Å²) in [6, 6.07) is 0. The topological polar surface area (TPSA) is 3.24 Å². The molecule has 28 heavy (non-hydrogen) atoms. The standard InChI is InChI=1S/C27H57N/c1-5-7-9-11-13-15-17-20-24-28(26-22-19-23-27(3)4)25-21-18-16-14-12-10-8-6-2/h27H,5-26H2,1-4H3. The Kier molecular flexibility index (Phi) is 23.2. The lowest BCUT2D eigenvalue weighted by Crippen LogP contribution is -2.27. The molecule has 0 atom stereocenters. The number of nitrogens with zero attached hydrogens (tertiary/aromatic N) is 1. The van der Waals surface area contributed by atoms with E-state index >= 15 is 0 Å².